The molecule has 150 valence electrons. The maximum Gasteiger partial charge on any atom is 0.252 e. The van der Waals surface area contributed by atoms with Gasteiger partial charge in [0.25, 0.3) is 5.91 Å². The van der Waals surface area contributed by atoms with Crippen LogP contribution < -0.4 is 5.32 Å². The summed E-state index contributed by atoms with van der Waals surface area (Å²) in [5.74, 6) is -0.167. The molecule has 0 bridgehead atoms. The molecule has 29 heavy (non-hydrogen) atoms. The standard InChI is InChI=1S/C25H28N2O2/c28-19-21-8-1-3-9-22(21)24(29)26-15-5-6-16-27-17-13-25(14-18-27)12-11-20-7-2-4-10-23(20)25/h1-4,7-12,19H,5-6,13-18H2,(H,26,29). The number of rotatable bonds is 7. The normalized spacial score (nSPS) is 17.2. The zero-order chi connectivity index (χ0) is 20.1. The van der Waals surface area contributed by atoms with Gasteiger partial charge >= 0.3 is 0 Å². The molecule has 1 spiro atoms. The molecular formula is C25H28N2O2. The Morgan fingerprint density at radius 1 is 1.03 bits per heavy atom. The number of unbranched alkanes of at least 4 members (excludes halogenated alkanes) is 1. The van der Waals surface area contributed by atoms with Gasteiger partial charge in [-0.05, 0) is 62.5 Å². The molecule has 1 N–H and O–H groups in total. The number of aldehydes is 1. The van der Waals surface area contributed by atoms with E-state index in [0.29, 0.717) is 17.7 Å². The summed E-state index contributed by atoms with van der Waals surface area (Å²) in [6.45, 7) is 3.96. The molecule has 4 nitrogen and oxygen atoms in total. The van der Waals surface area contributed by atoms with Gasteiger partial charge in [-0.1, -0.05) is 54.6 Å². The molecule has 0 radical (unpaired) electrons. The number of nitrogens with one attached hydrogen (secondary N) is 1. The lowest BCUT2D eigenvalue weighted by Gasteiger charge is -2.39. The van der Waals surface area contributed by atoms with Crippen LogP contribution in [0.4, 0.5) is 0 Å². The third kappa shape index (κ3) is 4.18. The van der Waals surface area contributed by atoms with Crippen molar-refractivity contribution in [3.8, 4) is 0 Å². The average molecular weight is 389 g/mol. The van der Waals surface area contributed by atoms with Gasteiger partial charge in [-0.25, -0.2) is 0 Å². The van der Waals surface area contributed by atoms with Crippen LogP contribution in [0.2, 0.25) is 0 Å². The summed E-state index contributed by atoms with van der Waals surface area (Å²) in [6.07, 6.45) is 9.81. The molecule has 4 rings (SSSR count). The van der Waals surface area contributed by atoms with Crippen LogP contribution in [0.1, 0.15) is 57.5 Å². The molecule has 2 aliphatic rings. The zero-order valence-electron chi connectivity index (χ0n) is 16.8. The molecule has 1 fully saturated rings. The Morgan fingerprint density at radius 3 is 2.62 bits per heavy atom. The number of piperidine rings is 1. The molecule has 1 heterocycles. The number of hydrogen-bond acceptors (Lipinski definition) is 3. The highest BCUT2D eigenvalue weighted by Gasteiger charge is 2.37. The highest BCUT2D eigenvalue weighted by molar-refractivity contribution is 6.01. The van der Waals surface area contributed by atoms with E-state index < -0.39 is 0 Å². The number of amides is 1. The number of nitrogens with zero attached hydrogens (tertiary/aromatic N) is 1. The molecule has 0 saturated carbocycles. The third-order valence-electron chi connectivity index (χ3n) is 6.35. The fraction of sp³-hybridized carbons (Fsp3) is 0.360. The minimum atomic E-state index is -0.167. The first-order valence-electron chi connectivity index (χ1n) is 10.6. The summed E-state index contributed by atoms with van der Waals surface area (Å²) in [6, 6.07) is 15.7. The average Bonchev–Trinajstić information content (AvgIpc) is 3.13. The van der Waals surface area contributed by atoms with Crippen molar-refractivity contribution in [2.24, 2.45) is 0 Å². The van der Waals surface area contributed by atoms with E-state index in [1.165, 1.54) is 24.0 Å². The molecule has 2 aromatic carbocycles. The molecule has 0 unspecified atom stereocenters. The van der Waals surface area contributed by atoms with Gasteiger partial charge in [0.2, 0.25) is 0 Å². The molecule has 1 aliphatic carbocycles. The van der Waals surface area contributed by atoms with Crippen LogP contribution in [0.15, 0.2) is 54.6 Å². The number of likely N-dealkylation sites (tertiary alicyclic amines) is 1. The van der Waals surface area contributed by atoms with Gasteiger partial charge in [0.05, 0.1) is 0 Å². The first-order chi connectivity index (χ1) is 14.2. The quantitative estimate of drug-likeness (QED) is 0.575. The monoisotopic (exact) mass is 388 g/mol. The molecule has 1 amide bonds. The largest absolute Gasteiger partial charge is 0.352 e. The predicted molar refractivity (Wildman–Crippen MR) is 116 cm³/mol. The van der Waals surface area contributed by atoms with Crippen LogP contribution >= 0.6 is 0 Å². The summed E-state index contributed by atoms with van der Waals surface area (Å²) in [5, 5.41) is 2.94. The van der Waals surface area contributed by atoms with Gasteiger partial charge in [0.15, 0.2) is 6.29 Å². The summed E-state index contributed by atoms with van der Waals surface area (Å²) in [5.41, 5.74) is 4.02. The van der Waals surface area contributed by atoms with Gasteiger partial charge in [-0.2, -0.15) is 0 Å². The van der Waals surface area contributed by atoms with Gasteiger partial charge in [0, 0.05) is 23.1 Å². The Morgan fingerprint density at radius 2 is 1.79 bits per heavy atom. The van der Waals surface area contributed by atoms with Crippen molar-refractivity contribution in [1.82, 2.24) is 10.2 Å². The molecule has 0 atom stereocenters. The summed E-state index contributed by atoms with van der Waals surface area (Å²) in [4.78, 5) is 25.8. The molecule has 2 aromatic rings. The van der Waals surface area contributed by atoms with E-state index >= 15 is 0 Å². The Hall–Kier alpha value is -2.72. The number of carbonyl (C=O) groups excluding carboxylic acids is 2. The van der Waals surface area contributed by atoms with Crippen molar-refractivity contribution < 1.29 is 9.59 Å². The second-order valence-electron chi connectivity index (χ2n) is 8.09. The summed E-state index contributed by atoms with van der Waals surface area (Å²) < 4.78 is 0. The first-order valence-corrected chi connectivity index (χ1v) is 10.6. The Labute approximate surface area is 172 Å². The lowest BCUT2D eigenvalue weighted by molar-refractivity contribution is 0.0946. The number of allylic oxidation sites excluding steroid dienone is 1. The van der Waals surface area contributed by atoms with Crippen LogP contribution in [0.3, 0.4) is 0 Å². The van der Waals surface area contributed by atoms with E-state index in [-0.39, 0.29) is 11.3 Å². The van der Waals surface area contributed by atoms with Gasteiger partial charge in [0.1, 0.15) is 0 Å². The van der Waals surface area contributed by atoms with Crippen LogP contribution in [-0.4, -0.2) is 43.3 Å². The predicted octanol–water partition coefficient (Wildman–Crippen LogP) is 4.07. The Bertz CT molecular complexity index is 911. The van der Waals surface area contributed by atoms with Crippen molar-refractivity contribution in [1.29, 1.82) is 0 Å². The number of hydrogen-bond donors (Lipinski definition) is 1. The number of benzene rings is 2. The minimum absolute atomic E-state index is 0.167. The maximum absolute atomic E-state index is 12.2. The van der Waals surface area contributed by atoms with E-state index in [0.717, 1.165) is 38.8 Å². The van der Waals surface area contributed by atoms with Crippen molar-refractivity contribution >= 4 is 18.3 Å². The molecule has 1 aliphatic heterocycles. The van der Waals surface area contributed by atoms with Crippen LogP contribution in [0.25, 0.3) is 6.08 Å². The minimum Gasteiger partial charge on any atom is -0.352 e. The van der Waals surface area contributed by atoms with Crippen molar-refractivity contribution in [3.63, 3.8) is 0 Å². The number of carbonyl (C=O) groups is 2. The highest BCUT2D eigenvalue weighted by Crippen LogP contribution is 2.43. The second-order valence-corrected chi connectivity index (χ2v) is 8.09. The van der Waals surface area contributed by atoms with E-state index in [4.69, 9.17) is 0 Å². The second kappa shape index (κ2) is 8.75. The topological polar surface area (TPSA) is 49.4 Å². The zero-order valence-corrected chi connectivity index (χ0v) is 16.8. The van der Waals surface area contributed by atoms with Crippen molar-refractivity contribution in [2.75, 3.05) is 26.2 Å². The maximum atomic E-state index is 12.2. The SMILES string of the molecule is O=Cc1ccccc1C(=O)NCCCCN1CCC2(C=Cc3ccccc32)CC1. The summed E-state index contributed by atoms with van der Waals surface area (Å²) >= 11 is 0. The summed E-state index contributed by atoms with van der Waals surface area (Å²) in [7, 11) is 0. The Balaban J connectivity index is 1.18. The van der Waals surface area contributed by atoms with Crippen molar-refractivity contribution in [2.45, 2.75) is 31.1 Å². The van der Waals surface area contributed by atoms with Gasteiger partial charge in [-0.3, -0.25) is 9.59 Å². The molecule has 0 aromatic heterocycles. The van der Waals surface area contributed by atoms with Crippen LogP contribution in [0.5, 0.6) is 0 Å². The fourth-order valence-electron chi connectivity index (χ4n) is 4.61. The molecule has 4 heteroatoms. The van der Waals surface area contributed by atoms with Crippen LogP contribution in [-0.2, 0) is 5.41 Å². The number of fused-ring (bicyclic) bond motifs is 2. The van der Waals surface area contributed by atoms with E-state index in [9.17, 15) is 9.59 Å². The van der Waals surface area contributed by atoms with Gasteiger partial charge in [-0.15, -0.1) is 0 Å². The molecule has 1 saturated heterocycles. The van der Waals surface area contributed by atoms with Crippen LogP contribution in [0, 0.1) is 0 Å². The smallest absolute Gasteiger partial charge is 0.252 e. The third-order valence-corrected chi connectivity index (χ3v) is 6.35. The molecular weight excluding hydrogens is 360 g/mol. The fourth-order valence-corrected chi connectivity index (χ4v) is 4.61. The van der Waals surface area contributed by atoms with E-state index in [2.05, 4.69) is 46.6 Å². The Kier molecular flexibility index (Phi) is 5.91. The lowest BCUT2D eigenvalue weighted by Crippen LogP contribution is -2.41. The van der Waals surface area contributed by atoms with E-state index in [1.54, 1.807) is 24.3 Å². The first kappa shape index (κ1) is 19.6. The lowest BCUT2D eigenvalue weighted by atomic mass is 9.74. The van der Waals surface area contributed by atoms with Gasteiger partial charge < -0.3 is 10.2 Å². The van der Waals surface area contributed by atoms with E-state index in [1.807, 2.05) is 0 Å². The van der Waals surface area contributed by atoms with Crippen molar-refractivity contribution in [3.05, 3.63) is 76.9 Å². The highest BCUT2D eigenvalue weighted by atomic mass is 16.1.